The molecular formula is C18H17BrN2O. The van der Waals surface area contributed by atoms with Gasteiger partial charge in [-0.2, -0.15) is 0 Å². The van der Waals surface area contributed by atoms with Gasteiger partial charge in [-0.05, 0) is 43.7 Å². The van der Waals surface area contributed by atoms with Gasteiger partial charge in [-0.15, -0.1) is 0 Å². The summed E-state index contributed by atoms with van der Waals surface area (Å²) in [6.45, 7) is 4.13. The second kappa shape index (κ2) is 5.97. The Labute approximate surface area is 138 Å². The number of allylic oxidation sites excluding steroid dienone is 1. The highest BCUT2D eigenvalue weighted by Gasteiger charge is 2.17. The minimum absolute atomic E-state index is 0.782. The molecule has 112 valence electrons. The van der Waals surface area contributed by atoms with Crippen molar-refractivity contribution < 1.29 is 4.74 Å². The maximum absolute atomic E-state index is 5.47. The van der Waals surface area contributed by atoms with Crippen LogP contribution in [0.3, 0.4) is 0 Å². The normalized spacial score (nSPS) is 15.9. The number of H-pyrrole nitrogens is 1. The predicted molar refractivity (Wildman–Crippen MR) is 94.0 cm³/mol. The number of benzene rings is 1. The Kier molecular flexibility index (Phi) is 4.03. The van der Waals surface area contributed by atoms with E-state index in [0.717, 1.165) is 38.6 Å². The lowest BCUT2D eigenvalue weighted by atomic mass is 10.1. The number of ether oxygens (including phenoxy) is 1. The average molecular weight is 357 g/mol. The monoisotopic (exact) mass is 356 g/mol. The predicted octanol–water partition coefficient (Wildman–Crippen LogP) is 4.77. The summed E-state index contributed by atoms with van der Waals surface area (Å²) in [5.41, 5.74) is 6.23. The highest BCUT2D eigenvalue weighted by molar-refractivity contribution is 9.10. The summed E-state index contributed by atoms with van der Waals surface area (Å²) in [7, 11) is 1.67. The number of rotatable bonds is 3. The number of aromatic nitrogens is 1. The minimum atomic E-state index is 0.782. The first-order chi connectivity index (χ1) is 10.6. The fourth-order valence-electron chi connectivity index (χ4n) is 2.49. The van der Waals surface area contributed by atoms with Gasteiger partial charge in [-0.1, -0.05) is 28.1 Å². The van der Waals surface area contributed by atoms with Crippen LogP contribution in [0.5, 0.6) is 0 Å². The standard InChI is InChI=1S/C18H17BrN2O/c1-11-8-12(2)20-15(11)9-17-18(22-3)10-16(21-17)13-4-6-14(19)7-5-13/h4-10,20H,1-3H3. The molecule has 22 heavy (non-hydrogen) atoms. The topological polar surface area (TPSA) is 37.4 Å². The number of aromatic amines is 1. The number of halogens is 1. The van der Waals surface area contributed by atoms with Crippen LogP contribution in [0.25, 0.3) is 6.08 Å². The molecule has 0 spiro atoms. The van der Waals surface area contributed by atoms with Crippen molar-refractivity contribution in [3.05, 3.63) is 74.9 Å². The second-order valence-corrected chi connectivity index (χ2v) is 6.21. The largest absolute Gasteiger partial charge is 0.494 e. The van der Waals surface area contributed by atoms with Crippen LogP contribution in [0.1, 0.15) is 22.5 Å². The van der Waals surface area contributed by atoms with Gasteiger partial charge in [0.15, 0.2) is 0 Å². The molecule has 0 aliphatic carbocycles. The van der Waals surface area contributed by atoms with Crippen molar-refractivity contribution in [2.45, 2.75) is 13.8 Å². The third-order valence-corrected chi connectivity index (χ3v) is 4.12. The SMILES string of the molecule is COC1=CC(c2ccc(Br)cc2)=NC1=Cc1[nH]c(C)cc1C. The first kappa shape index (κ1) is 14.9. The van der Waals surface area contributed by atoms with E-state index in [-0.39, 0.29) is 0 Å². The Hall–Kier alpha value is -2.07. The molecule has 2 heterocycles. The van der Waals surface area contributed by atoms with E-state index >= 15 is 0 Å². The van der Waals surface area contributed by atoms with Gasteiger partial charge in [-0.25, -0.2) is 4.99 Å². The van der Waals surface area contributed by atoms with Crippen LogP contribution in [0.15, 0.2) is 57.3 Å². The third-order valence-electron chi connectivity index (χ3n) is 3.59. The van der Waals surface area contributed by atoms with Crippen molar-refractivity contribution in [1.29, 1.82) is 0 Å². The molecule has 0 atom stereocenters. The molecule has 4 heteroatoms. The summed E-state index contributed by atoms with van der Waals surface area (Å²) in [6.07, 6.45) is 4.00. The molecule has 0 amide bonds. The summed E-state index contributed by atoms with van der Waals surface area (Å²) >= 11 is 3.45. The van der Waals surface area contributed by atoms with Crippen molar-refractivity contribution >= 4 is 27.7 Å². The molecule has 1 aliphatic rings. The molecule has 0 saturated carbocycles. The summed E-state index contributed by atoms with van der Waals surface area (Å²) in [6, 6.07) is 10.2. The Bertz CT molecular complexity index is 795. The maximum atomic E-state index is 5.47. The van der Waals surface area contributed by atoms with Crippen molar-refractivity contribution in [3.63, 3.8) is 0 Å². The molecule has 3 rings (SSSR count). The van der Waals surface area contributed by atoms with Crippen LogP contribution >= 0.6 is 15.9 Å². The first-order valence-corrected chi connectivity index (χ1v) is 7.84. The Morgan fingerprint density at radius 2 is 1.91 bits per heavy atom. The van der Waals surface area contributed by atoms with E-state index in [9.17, 15) is 0 Å². The Balaban J connectivity index is 2.00. The molecule has 3 nitrogen and oxygen atoms in total. The van der Waals surface area contributed by atoms with Gasteiger partial charge in [-0.3, -0.25) is 0 Å². The van der Waals surface area contributed by atoms with E-state index < -0.39 is 0 Å². The fraction of sp³-hybridized carbons (Fsp3) is 0.167. The molecule has 2 aromatic rings. The Morgan fingerprint density at radius 3 is 2.50 bits per heavy atom. The fourth-order valence-corrected chi connectivity index (χ4v) is 2.75. The van der Waals surface area contributed by atoms with Crippen LogP contribution < -0.4 is 0 Å². The third kappa shape index (κ3) is 2.92. The van der Waals surface area contributed by atoms with Gasteiger partial charge in [0.05, 0.1) is 12.8 Å². The number of hydrogen-bond donors (Lipinski definition) is 1. The number of methoxy groups -OCH3 is 1. The number of aryl methyl sites for hydroxylation is 2. The van der Waals surface area contributed by atoms with E-state index in [1.807, 2.05) is 43.3 Å². The Morgan fingerprint density at radius 1 is 1.18 bits per heavy atom. The van der Waals surface area contributed by atoms with Crippen molar-refractivity contribution in [3.8, 4) is 0 Å². The quantitative estimate of drug-likeness (QED) is 0.844. The molecule has 1 aliphatic heterocycles. The summed E-state index contributed by atoms with van der Waals surface area (Å²) < 4.78 is 6.53. The van der Waals surface area contributed by atoms with E-state index in [2.05, 4.69) is 33.9 Å². The van der Waals surface area contributed by atoms with Gasteiger partial charge >= 0.3 is 0 Å². The van der Waals surface area contributed by atoms with Crippen LogP contribution in [-0.4, -0.2) is 17.8 Å². The minimum Gasteiger partial charge on any atom is -0.494 e. The van der Waals surface area contributed by atoms with Gasteiger partial charge in [0.1, 0.15) is 11.5 Å². The number of nitrogens with one attached hydrogen (secondary N) is 1. The molecule has 0 fully saturated rings. The zero-order chi connectivity index (χ0) is 15.7. The molecule has 0 unspecified atom stereocenters. The van der Waals surface area contributed by atoms with Crippen molar-refractivity contribution in [2.24, 2.45) is 4.99 Å². The zero-order valence-electron chi connectivity index (χ0n) is 12.8. The summed E-state index contributed by atoms with van der Waals surface area (Å²) in [5.74, 6) is 0.782. The molecule has 1 N–H and O–H groups in total. The molecule has 1 aromatic carbocycles. The molecule has 1 aromatic heterocycles. The maximum Gasteiger partial charge on any atom is 0.146 e. The number of hydrogen-bond acceptors (Lipinski definition) is 2. The highest BCUT2D eigenvalue weighted by Crippen LogP contribution is 2.26. The van der Waals surface area contributed by atoms with Crippen LogP contribution in [0.2, 0.25) is 0 Å². The number of aliphatic imine (C=N–C) groups is 1. The zero-order valence-corrected chi connectivity index (χ0v) is 14.4. The van der Waals surface area contributed by atoms with E-state index in [1.54, 1.807) is 7.11 Å². The van der Waals surface area contributed by atoms with Gasteiger partial charge < -0.3 is 9.72 Å². The lowest BCUT2D eigenvalue weighted by Gasteiger charge is -2.01. The van der Waals surface area contributed by atoms with Gasteiger partial charge in [0, 0.05) is 27.5 Å². The van der Waals surface area contributed by atoms with E-state index in [4.69, 9.17) is 9.73 Å². The highest BCUT2D eigenvalue weighted by atomic mass is 79.9. The summed E-state index contributed by atoms with van der Waals surface area (Å²) in [5, 5.41) is 0. The lowest BCUT2D eigenvalue weighted by Crippen LogP contribution is -1.92. The van der Waals surface area contributed by atoms with E-state index in [1.165, 1.54) is 5.56 Å². The van der Waals surface area contributed by atoms with Crippen molar-refractivity contribution in [2.75, 3.05) is 7.11 Å². The number of nitrogens with zero attached hydrogens (tertiary/aromatic N) is 1. The van der Waals surface area contributed by atoms with Crippen molar-refractivity contribution in [1.82, 2.24) is 4.98 Å². The first-order valence-electron chi connectivity index (χ1n) is 7.05. The molecule has 0 radical (unpaired) electrons. The van der Waals surface area contributed by atoms with Gasteiger partial charge in [0.2, 0.25) is 0 Å². The van der Waals surface area contributed by atoms with Crippen LogP contribution in [0, 0.1) is 13.8 Å². The van der Waals surface area contributed by atoms with E-state index in [0.29, 0.717) is 0 Å². The van der Waals surface area contributed by atoms with Gasteiger partial charge in [0.25, 0.3) is 0 Å². The van der Waals surface area contributed by atoms with Crippen LogP contribution in [-0.2, 0) is 4.74 Å². The van der Waals surface area contributed by atoms with Crippen LogP contribution in [0.4, 0.5) is 0 Å². The second-order valence-electron chi connectivity index (χ2n) is 5.30. The molecule has 0 bridgehead atoms. The summed E-state index contributed by atoms with van der Waals surface area (Å²) in [4.78, 5) is 8.05. The smallest absolute Gasteiger partial charge is 0.146 e. The molecule has 0 saturated heterocycles. The lowest BCUT2D eigenvalue weighted by molar-refractivity contribution is 0.303. The molecular weight excluding hydrogens is 340 g/mol. The average Bonchev–Trinajstić information content (AvgIpc) is 3.03.